The molecule has 2 heterocycles. The van der Waals surface area contributed by atoms with Gasteiger partial charge in [-0.15, -0.1) is 0 Å². The van der Waals surface area contributed by atoms with Gasteiger partial charge in [-0.2, -0.15) is 5.10 Å². The maximum atomic E-state index is 12.1. The molecule has 6 nitrogen and oxygen atoms in total. The molecule has 1 atom stereocenters. The third-order valence-electron chi connectivity index (χ3n) is 3.58. The van der Waals surface area contributed by atoms with Crippen molar-refractivity contribution in [1.29, 1.82) is 0 Å². The van der Waals surface area contributed by atoms with E-state index in [1.807, 2.05) is 24.3 Å². The minimum atomic E-state index is -0.451. The molecule has 1 saturated heterocycles. The van der Waals surface area contributed by atoms with E-state index in [1.54, 1.807) is 6.20 Å². The SMILES string of the molecule is NC(=O)C1CC(=O)N(c2[nH]ncc2-c2ccccc2Br)C1. The lowest BCUT2D eigenvalue weighted by Crippen LogP contribution is -2.29. The number of anilines is 1. The minimum absolute atomic E-state index is 0.128. The third kappa shape index (κ3) is 2.44. The maximum Gasteiger partial charge on any atom is 0.229 e. The van der Waals surface area contributed by atoms with Gasteiger partial charge in [-0.1, -0.05) is 34.1 Å². The van der Waals surface area contributed by atoms with Crippen LogP contribution in [0.4, 0.5) is 5.82 Å². The predicted molar refractivity (Wildman–Crippen MR) is 81.4 cm³/mol. The van der Waals surface area contributed by atoms with Crippen LogP contribution >= 0.6 is 15.9 Å². The summed E-state index contributed by atoms with van der Waals surface area (Å²) in [6.07, 6.45) is 1.81. The molecule has 3 N–H and O–H groups in total. The Balaban J connectivity index is 1.99. The highest BCUT2D eigenvalue weighted by Crippen LogP contribution is 2.36. The number of hydrogen-bond acceptors (Lipinski definition) is 3. The molecule has 0 aliphatic carbocycles. The van der Waals surface area contributed by atoms with Gasteiger partial charge in [-0.25, -0.2) is 0 Å². The van der Waals surface area contributed by atoms with Gasteiger partial charge < -0.3 is 5.73 Å². The minimum Gasteiger partial charge on any atom is -0.369 e. The van der Waals surface area contributed by atoms with Gasteiger partial charge in [0.15, 0.2) is 0 Å². The molecule has 1 aromatic carbocycles. The fourth-order valence-electron chi connectivity index (χ4n) is 2.48. The normalized spacial score (nSPS) is 18.2. The van der Waals surface area contributed by atoms with E-state index in [9.17, 15) is 9.59 Å². The molecule has 2 amide bonds. The average molecular weight is 349 g/mol. The van der Waals surface area contributed by atoms with E-state index in [2.05, 4.69) is 26.1 Å². The predicted octanol–water partition coefficient (Wildman–Crippen LogP) is 1.68. The molecule has 1 fully saturated rings. The Hall–Kier alpha value is -2.15. The van der Waals surface area contributed by atoms with Crippen molar-refractivity contribution in [3.05, 3.63) is 34.9 Å². The number of hydrogen-bond donors (Lipinski definition) is 2. The summed E-state index contributed by atoms with van der Waals surface area (Å²) in [7, 11) is 0. The summed E-state index contributed by atoms with van der Waals surface area (Å²) in [6, 6.07) is 7.68. The van der Waals surface area contributed by atoms with E-state index in [0.717, 1.165) is 15.6 Å². The lowest BCUT2D eigenvalue weighted by atomic mass is 10.1. The molecule has 1 aromatic heterocycles. The maximum absolute atomic E-state index is 12.1. The fraction of sp³-hybridized carbons (Fsp3) is 0.214. The number of amides is 2. The lowest BCUT2D eigenvalue weighted by molar-refractivity contribution is -0.123. The summed E-state index contributed by atoms with van der Waals surface area (Å²) in [5.74, 6) is -0.437. The molecule has 21 heavy (non-hydrogen) atoms. The van der Waals surface area contributed by atoms with E-state index in [4.69, 9.17) is 5.73 Å². The first kappa shape index (κ1) is 13.8. The number of carbonyl (C=O) groups excluding carboxylic acids is 2. The highest BCUT2D eigenvalue weighted by atomic mass is 79.9. The van der Waals surface area contributed by atoms with E-state index < -0.39 is 11.8 Å². The first-order valence-corrected chi connectivity index (χ1v) is 7.25. The molecule has 1 aliphatic rings. The van der Waals surface area contributed by atoms with Crippen molar-refractivity contribution in [3.8, 4) is 11.1 Å². The van der Waals surface area contributed by atoms with Crippen LogP contribution in [0.25, 0.3) is 11.1 Å². The standard InChI is InChI=1S/C14H13BrN4O2/c15-11-4-2-1-3-9(11)10-6-17-18-14(10)19-7-8(13(16)21)5-12(19)20/h1-4,6,8H,5,7H2,(H2,16,21)(H,17,18). The summed E-state index contributed by atoms with van der Waals surface area (Å²) in [5.41, 5.74) is 7.03. The molecule has 108 valence electrons. The van der Waals surface area contributed by atoms with Crippen molar-refractivity contribution < 1.29 is 9.59 Å². The van der Waals surface area contributed by atoms with Gasteiger partial charge >= 0.3 is 0 Å². The molecule has 1 aliphatic heterocycles. The van der Waals surface area contributed by atoms with Crippen molar-refractivity contribution in [2.45, 2.75) is 6.42 Å². The molecule has 7 heteroatoms. The highest BCUT2D eigenvalue weighted by molar-refractivity contribution is 9.10. The Morgan fingerprint density at radius 2 is 2.14 bits per heavy atom. The van der Waals surface area contributed by atoms with Crippen LogP contribution in [0.1, 0.15) is 6.42 Å². The van der Waals surface area contributed by atoms with Crippen molar-refractivity contribution >= 4 is 33.6 Å². The molecule has 0 spiro atoms. The van der Waals surface area contributed by atoms with Gasteiger partial charge in [0.1, 0.15) is 5.82 Å². The van der Waals surface area contributed by atoms with Crippen LogP contribution in [0.15, 0.2) is 34.9 Å². The van der Waals surface area contributed by atoms with Crippen LogP contribution in [0.2, 0.25) is 0 Å². The van der Waals surface area contributed by atoms with Crippen LogP contribution in [-0.4, -0.2) is 28.6 Å². The Labute approximate surface area is 129 Å². The number of halogens is 1. The zero-order valence-electron chi connectivity index (χ0n) is 11.0. The second kappa shape index (κ2) is 5.33. The van der Waals surface area contributed by atoms with Gasteiger partial charge in [0, 0.05) is 28.6 Å². The largest absolute Gasteiger partial charge is 0.369 e. The smallest absolute Gasteiger partial charge is 0.229 e. The van der Waals surface area contributed by atoms with Gasteiger partial charge in [-0.3, -0.25) is 19.6 Å². The number of carbonyl (C=O) groups is 2. The van der Waals surface area contributed by atoms with Gasteiger partial charge in [-0.05, 0) is 6.07 Å². The van der Waals surface area contributed by atoms with Crippen molar-refractivity contribution in [2.24, 2.45) is 11.7 Å². The first-order valence-electron chi connectivity index (χ1n) is 6.46. The lowest BCUT2D eigenvalue weighted by Gasteiger charge is -2.16. The fourth-order valence-corrected chi connectivity index (χ4v) is 2.97. The summed E-state index contributed by atoms with van der Waals surface area (Å²) in [6.45, 7) is 0.286. The number of aromatic nitrogens is 2. The van der Waals surface area contributed by atoms with Crippen LogP contribution in [-0.2, 0) is 9.59 Å². The van der Waals surface area contributed by atoms with Crippen LogP contribution in [0, 0.1) is 5.92 Å². The highest BCUT2D eigenvalue weighted by Gasteiger charge is 2.35. The zero-order valence-corrected chi connectivity index (χ0v) is 12.6. The quantitative estimate of drug-likeness (QED) is 0.883. The van der Waals surface area contributed by atoms with Gasteiger partial charge in [0.2, 0.25) is 11.8 Å². The average Bonchev–Trinajstić information content (AvgIpc) is 3.05. The van der Waals surface area contributed by atoms with Crippen LogP contribution in [0.5, 0.6) is 0 Å². The molecule has 3 rings (SSSR count). The molecule has 0 radical (unpaired) electrons. The molecular weight excluding hydrogens is 336 g/mol. The summed E-state index contributed by atoms with van der Waals surface area (Å²) < 4.78 is 0.908. The van der Waals surface area contributed by atoms with Crippen molar-refractivity contribution in [1.82, 2.24) is 10.2 Å². The second-order valence-corrected chi connectivity index (χ2v) is 5.77. The molecule has 2 aromatic rings. The van der Waals surface area contributed by atoms with Crippen LogP contribution < -0.4 is 10.6 Å². The summed E-state index contributed by atoms with van der Waals surface area (Å²) in [4.78, 5) is 24.9. The van der Waals surface area contributed by atoms with Crippen molar-refractivity contribution in [3.63, 3.8) is 0 Å². The third-order valence-corrected chi connectivity index (χ3v) is 4.27. The Kier molecular flexibility index (Phi) is 3.50. The van der Waals surface area contributed by atoms with Gasteiger partial charge in [0.25, 0.3) is 0 Å². The number of primary amides is 1. The number of nitrogens with two attached hydrogens (primary N) is 1. The molecule has 0 saturated carbocycles. The van der Waals surface area contributed by atoms with Gasteiger partial charge in [0.05, 0.1) is 12.1 Å². The van der Waals surface area contributed by atoms with E-state index in [0.29, 0.717) is 5.82 Å². The monoisotopic (exact) mass is 348 g/mol. The second-order valence-electron chi connectivity index (χ2n) is 4.92. The summed E-state index contributed by atoms with van der Waals surface area (Å²) >= 11 is 3.49. The number of benzene rings is 1. The number of nitrogens with one attached hydrogen (secondary N) is 1. The number of nitrogens with zero attached hydrogens (tertiary/aromatic N) is 2. The topological polar surface area (TPSA) is 92.1 Å². The molecule has 1 unspecified atom stereocenters. The number of aromatic amines is 1. The van der Waals surface area contributed by atoms with E-state index in [-0.39, 0.29) is 18.9 Å². The Morgan fingerprint density at radius 1 is 1.38 bits per heavy atom. The van der Waals surface area contributed by atoms with Crippen LogP contribution in [0.3, 0.4) is 0 Å². The Morgan fingerprint density at radius 3 is 2.81 bits per heavy atom. The number of H-pyrrole nitrogens is 1. The number of rotatable bonds is 3. The van der Waals surface area contributed by atoms with E-state index in [1.165, 1.54) is 4.90 Å². The molecule has 0 bridgehead atoms. The summed E-state index contributed by atoms with van der Waals surface area (Å²) in [5, 5.41) is 6.88. The van der Waals surface area contributed by atoms with Crippen molar-refractivity contribution in [2.75, 3.05) is 11.4 Å². The van der Waals surface area contributed by atoms with E-state index >= 15 is 0 Å². The first-order chi connectivity index (χ1) is 10.1. The Bertz CT molecular complexity index is 713. The zero-order chi connectivity index (χ0) is 15.0. The molecular formula is C14H13BrN4O2.